The van der Waals surface area contributed by atoms with Gasteiger partial charge in [-0.05, 0) is 12.8 Å². The molecule has 1 aromatic heterocycles. The van der Waals surface area contributed by atoms with Crippen LogP contribution in [0.4, 0.5) is 4.79 Å². The zero-order valence-corrected chi connectivity index (χ0v) is 11.0. The highest BCUT2D eigenvalue weighted by Gasteiger charge is 2.25. The maximum Gasteiger partial charge on any atom is 0.317 e. The molecule has 2 heterocycles. The molecule has 1 saturated carbocycles. The second-order valence-electron chi connectivity index (χ2n) is 5.49. The van der Waals surface area contributed by atoms with Gasteiger partial charge in [0.2, 0.25) is 0 Å². The highest BCUT2D eigenvalue weighted by Crippen LogP contribution is 2.18. The summed E-state index contributed by atoms with van der Waals surface area (Å²) in [6.45, 7) is 1.08. The van der Waals surface area contributed by atoms with Gasteiger partial charge in [-0.3, -0.25) is 9.89 Å². The summed E-state index contributed by atoms with van der Waals surface area (Å²) in [5.41, 5.74) is 1.53. The van der Waals surface area contributed by atoms with Crippen LogP contribution in [-0.4, -0.2) is 33.7 Å². The Hall–Kier alpha value is -1.72. The van der Waals surface area contributed by atoms with Crippen molar-refractivity contribution >= 4 is 6.03 Å². The van der Waals surface area contributed by atoms with Crippen LogP contribution in [0.25, 0.3) is 0 Å². The van der Waals surface area contributed by atoms with E-state index in [-0.39, 0.29) is 11.6 Å². The van der Waals surface area contributed by atoms with Gasteiger partial charge < -0.3 is 15.3 Å². The molecule has 0 bridgehead atoms. The average molecular weight is 264 g/mol. The Morgan fingerprint density at radius 3 is 2.79 bits per heavy atom. The Morgan fingerprint density at radius 2 is 2.00 bits per heavy atom. The molecular formula is C13H20N4O2. The molecule has 1 aromatic rings. The lowest BCUT2D eigenvalue weighted by Crippen LogP contribution is -2.47. The second kappa shape index (κ2) is 5.11. The van der Waals surface area contributed by atoms with Gasteiger partial charge in [0.05, 0.1) is 12.1 Å². The van der Waals surface area contributed by atoms with Crippen LogP contribution < -0.4 is 10.9 Å². The number of amides is 2. The number of hydrogen-bond donors (Lipinski definition) is 3. The van der Waals surface area contributed by atoms with Crippen molar-refractivity contribution in [2.24, 2.45) is 0 Å². The Kier molecular flexibility index (Phi) is 3.31. The number of rotatable bonds is 1. The molecule has 1 aliphatic carbocycles. The molecule has 0 spiro atoms. The van der Waals surface area contributed by atoms with E-state index in [0.29, 0.717) is 31.1 Å². The second-order valence-corrected chi connectivity index (χ2v) is 5.49. The Morgan fingerprint density at radius 1 is 1.21 bits per heavy atom. The summed E-state index contributed by atoms with van der Waals surface area (Å²) in [5, 5.41) is 8.55. The summed E-state index contributed by atoms with van der Waals surface area (Å²) in [6, 6.07) is 0.283. The number of urea groups is 1. The topological polar surface area (TPSA) is 81.0 Å². The fraction of sp³-hybridized carbons (Fsp3) is 0.692. The molecule has 6 heteroatoms. The number of carbonyl (C=O) groups excluding carboxylic acids is 1. The van der Waals surface area contributed by atoms with E-state index in [2.05, 4.69) is 15.5 Å². The van der Waals surface area contributed by atoms with Gasteiger partial charge in [0.25, 0.3) is 5.56 Å². The van der Waals surface area contributed by atoms with E-state index < -0.39 is 0 Å². The average Bonchev–Trinajstić information content (AvgIpc) is 2.81. The van der Waals surface area contributed by atoms with Gasteiger partial charge in [0.1, 0.15) is 0 Å². The molecule has 0 unspecified atom stereocenters. The van der Waals surface area contributed by atoms with Crippen LogP contribution in [-0.2, 0) is 13.0 Å². The number of aromatic amines is 2. The van der Waals surface area contributed by atoms with Crippen LogP contribution in [0.3, 0.4) is 0 Å². The van der Waals surface area contributed by atoms with Crippen molar-refractivity contribution in [1.29, 1.82) is 0 Å². The molecular weight excluding hydrogens is 244 g/mol. The smallest absolute Gasteiger partial charge is 0.317 e. The normalized spacial score (nSPS) is 20.1. The van der Waals surface area contributed by atoms with Gasteiger partial charge in [0.15, 0.2) is 0 Å². The van der Waals surface area contributed by atoms with Crippen LogP contribution in [0.5, 0.6) is 0 Å². The number of nitrogens with zero attached hydrogens (tertiary/aromatic N) is 1. The van der Waals surface area contributed by atoms with Crippen LogP contribution in [0, 0.1) is 0 Å². The fourth-order valence-electron chi connectivity index (χ4n) is 3.00. The van der Waals surface area contributed by atoms with Crippen molar-refractivity contribution in [3.63, 3.8) is 0 Å². The number of carbonyl (C=O) groups is 1. The Balaban J connectivity index is 1.62. The van der Waals surface area contributed by atoms with E-state index in [1.54, 1.807) is 4.90 Å². The number of hydrogen-bond acceptors (Lipinski definition) is 2. The highest BCUT2D eigenvalue weighted by molar-refractivity contribution is 5.74. The molecule has 0 atom stereocenters. The van der Waals surface area contributed by atoms with Gasteiger partial charge in [-0.15, -0.1) is 0 Å². The zero-order chi connectivity index (χ0) is 13.2. The summed E-state index contributed by atoms with van der Waals surface area (Å²) >= 11 is 0. The van der Waals surface area contributed by atoms with Gasteiger partial charge >= 0.3 is 6.03 Å². The molecule has 104 valence electrons. The van der Waals surface area contributed by atoms with Gasteiger partial charge in [0, 0.05) is 24.7 Å². The van der Waals surface area contributed by atoms with Crippen molar-refractivity contribution in [2.75, 3.05) is 6.54 Å². The first-order chi connectivity index (χ1) is 9.24. The lowest BCUT2D eigenvalue weighted by molar-refractivity contribution is 0.184. The van der Waals surface area contributed by atoms with Crippen molar-refractivity contribution in [2.45, 2.75) is 51.1 Å². The highest BCUT2D eigenvalue weighted by atomic mass is 16.2. The van der Waals surface area contributed by atoms with Crippen LogP contribution in [0.15, 0.2) is 4.79 Å². The molecule has 0 radical (unpaired) electrons. The minimum Gasteiger partial charge on any atom is -0.335 e. The van der Waals surface area contributed by atoms with Gasteiger partial charge in [-0.1, -0.05) is 19.3 Å². The molecule has 3 N–H and O–H groups in total. The lowest BCUT2D eigenvalue weighted by Gasteiger charge is -2.30. The van der Waals surface area contributed by atoms with E-state index in [4.69, 9.17) is 0 Å². The Labute approximate surface area is 111 Å². The standard InChI is InChI=1S/C13H20N4O2/c18-12-10-8-17(7-6-11(10)15-16-12)13(19)14-9-4-2-1-3-5-9/h9H,1-8H2,(H,14,19)(H2,15,16,18). The lowest BCUT2D eigenvalue weighted by atomic mass is 9.96. The maximum atomic E-state index is 12.2. The number of fused-ring (bicyclic) bond motifs is 1. The first-order valence-corrected chi connectivity index (χ1v) is 7.08. The zero-order valence-electron chi connectivity index (χ0n) is 11.0. The van der Waals surface area contributed by atoms with Crippen LogP contribution in [0.2, 0.25) is 0 Å². The van der Waals surface area contributed by atoms with E-state index in [1.807, 2.05) is 0 Å². The molecule has 2 aliphatic rings. The first-order valence-electron chi connectivity index (χ1n) is 7.08. The summed E-state index contributed by atoms with van der Waals surface area (Å²) in [5.74, 6) is 0. The number of H-pyrrole nitrogens is 2. The van der Waals surface area contributed by atoms with Crippen molar-refractivity contribution in [1.82, 2.24) is 20.4 Å². The van der Waals surface area contributed by atoms with E-state index in [1.165, 1.54) is 19.3 Å². The van der Waals surface area contributed by atoms with E-state index in [0.717, 1.165) is 18.5 Å². The Bertz CT molecular complexity index is 513. The molecule has 19 heavy (non-hydrogen) atoms. The monoisotopic (exact) mass is 264 g/mol. The third-order valence-electron chi connectivity index (χ3n) is 4.17. The minimum atomic E-state index is -0.106. The quantitative estimate of drug-likeness (QED) is 0.710. The number of nitrogens with one attached hydrogen (secondary N) is 3. The molecule has 1 aliphatic heterocycles. The van der Waals surface area contributed by atoms with Gasteiger partial charge in [-0.25, -0.2) is 4.79 Å². The number of aromatic nitrogens is 2. The third kappa shape index (κ3) is 2.52. The van der Waals surface area contributed by atoms with Crippen LogP contribution >= 0.6 is 0 Å². The molecule has 0 aromatic carbocycles. The SMILES string of the molecule is O=C(NC1CCCCC1)N1CCc2[nH][nH]c(=O)c2C1. The van der Waals surface area contributed by atoms with E-state index >= 15 is 0 Å². The summed E-state index contributed by atoms with van der Waals surface area (Å²) in [6.07, 6.45) is 6.55. The summed E-state index contributed by atoms with van der Waals surface area (Å²) in [4.78, 5) is 25.5. The molecule has 0 saturated heterocycles. The van der Waals surface area contributed by atoms with Crippen LogP contribution in [0.1, 0.15) is 43.4 Å². The fourth-order valence-corrected chi connectivity index (χ4v) is 3.00. The van der Waals surface area contributed by atoms with Gasteiger partial charge in [-0.2, -0.15) is 0 Å². The molecule has 3 rings (SSSR count). The predicted molar refractivity (Wildman–Crippen MR) is 70.9 cm³/mol. The summed E-state index contributed by atoms with van der Waals surface area (Å²) < 4.78 is 0. The van der Waals surface area contributed by atoms with E-state index in [9.17, 15) is 9.59 Å². The van der Waals surface area contributed by atoms with Crippen molar-refractivity contribution < 1.29 is 4.79 Å². The molecule has 1 fully saturated rings. The predicted octanol–water partition coefficient (Wildman–Crippen LogP) is 1.10. The summed E-state index contributed by atoms with van der Waals surface area (Å²) in [7, 11) is 0. The maximum absolute atomic E-state index is 12.2. The molecule has 2 amide bonds. The van der Waals surface area contributed by atoms with Crippen molar-refractivity contribution in [3.8, 4) is 0 Å². The minimum absolute atomic E-state index is 0.0295. The largest absolute Gasteiger partial charge is 0.335 e. The first kappa shape index (κ1) is 12.3. The molecule has 6 nitrogen and oxygen atoms in total. The third-order valence-corrected chi connectivity index (χ3v) is 4.17. The van der Waals surface area contributed by atoms with Crippen molar-refractivity contribution in [3.05, 3.63) is 21.6 Å².